The van der Waals surface area contributed by atoms with E-state index < -0.39 is 5.95 Å². The summed E-state index contributed by atoms with van der Waals surface area (Å²) in [6, 6.07) is 0.537. The van der Waals surface area contributed by atoms with Gasteiger partial charge in [0.2, 0.25) is 5.95 Å². The molecule has 58 valence electrons. The van der Waals surface area contributed by atoms with E-state index in [2.05, 4.69) is 15.3 Å². The first-order valence-corrected chi connectivity index (χ1v) is 3.59. The maximum Gasteiger partial charge on any atom is 0.231 e. The van der Waals surface area contributed by atoms with E-state index in [4.69, 9.17) is 0 Å². The zero-order valence-electron chi connectivity index (χ0n) is 5.92. The number of aromatic nitrogens is 2. The summed E-state index contributed by atoms with van der Waals surface area (Å²) in [5.74, 6) is 0.125. The smallest absolute Gasteiger partial charge is 0.231 e. The summed E-state index contributed by atoms with van der Waals surface area (Å²) in [6.45, 7) is 0. The predicted molar refractivity (Wildman–Crippen MR) is 38.6 cm³/mol. The summed E-state index contributed by atoms with van der Waals surface area (Å²) >= 11 is 0. The lowest BCUT2D eigenvalue weighted by molar-refractivity contribution is 0.577. The normalized spacial score (nSPS) is 16.5. The topological polar surface area (TPSA) is 37.8 Å². The van der Waals surface area contributed by atoms with E-state index >= 15 is 0 Å². The first-order chi connectivity index (χ1) is 5.34. The molecule has 0 spiro atoms. The van der Waals surface area contributed by atoms with Crippen LogP contribution in [0.3, 0.4) is 0 Å². The van der Waals surface area contributed by atoms with Crippen LogP contribution in [0.15, 0.2) is 12.4 Å². The van der Waals surface area contributed by atoms with Gasteiger partial charge in [0.15, 0.2) is 0 Å². The Morgan fingerprint density at radius 2 is 2.18 bits per heavy atom. The highest BCUT2D eigenvalue weighted by Gasteiger charge is 2.21. The van der Waals surface area contributed by atoms with Crippen molar-refractivity contribution < 1.29 is 4.39 Å². The molecule has 0 aliphatic heterocycles. The first kappa shape index (κ1) is 6.52. The predicted octanol–water partition coefficient (Wildman–Crippen LogP) is 1.19. The molecule has 1 N–H and O–H groups in total. The van der Waals surface area contributed by atoms with Crippen molar-refractivity contribution in [3.05, 3.63) is 18.3 Å². The molecule has 1 heterocycles. The molecule has 0 atom stereocenters. The van der Waals surface area contributed by atoms with E-state index in [0.29, 0.717) is 11.9 Å². The van der Waals surface area contributed by atoms with Crippen LogP contribution in [0.2, 0.25) is 0 Å². The van der Waals surface area contributed by atoms with Crippen molar-refractivity contribution in [2.45, 2.75) is 18.9 Å². The number of nitrogens with one attached hydrogen (secondary N) is 1. The average Bonchev–Trinajstić information content (AvgIpc) is 2.78. The third-order valence-corrected chi connectivity index (χ3v) is 1.55. The second kappa shape index (κ2) is 2.45. The maximum atomic E-state index is 12.2. The number of hydrogen-bond acceptors (Lipinski definition) is 3. The maximum absolute atomic E-state index is 12.2. The summed E-state index contributed by atoms with van der Waals surface area (Å²) in [5.41, 5.74) is 0. The molecule has 11 heavy (non-hydrogen) atoms. The molecule has 1 aliphatic carbocycles. The molecule has 0 amide bonds. The highest BCUT2D eigenvalue weighted by molar-refractivity contribution is 5.33. The number of nitrogens with zero attached hydrogens (tertiary/aromatic N) is 2. The Labute approximate surface area is 63.7 Å². The third kappa shape index (κ3) is 1.63. The highest BCUT2D eigenvalue weighted by atomic mass is 19.1. The number of anilines is 1. The lowest BCUT2D eigenvalue weighted by Crippen LogP contribution is -2.03. The standard InChI is InChI=1S/C7H8FN3/c8-6-3-10-7(4-9-6)11-5-1-2-5/h3-5H,1-2H2,(H,10,11). The molecule has 1 aliphatic rings. The van der Waals surface area contributed by atoms with Gasteiger partial charge in [-0.25, -0.2) is 9.97 Å². The minimum atomic E-state index is -0.536. The second-order valence-corrected chi connectivity index (χ2v) is 2.64. The molecule has 4 heteroatoms. The van der Waals surface area contributed by atoms with Crippen LogP contribution in [-0.2, 0) is 0 Å². The van der Waals surface area contributed by atoms with Crippen LogP contribution in [0.4, 0.5) is 10.2 Å². The fourth-order valence-electron chi connectivity index (χ4n) is 0.824. The Bertz CT molecular complexity index is 242. The molecule has 1 aromatic heterocycles. The Hall–Kier alpha value is -1.19. The van der Waals surface area contributed by atoms with Crippen molar-refractivity contribution in [1.29, 1.82) is 0 Å². The minimum absolute atomic E-state index is 0.536. The van der Waals surface area contributed by atoms with E-state index in [1.54, 1.807) is 0 Å². The van der Waals surface area contributed by atoms with Gasteiger partial charge in [0.05, 0.1) is 12.4 Å². The van der Waals surface area contributed by atoms with Gasteiger partial charge in [-0.3, -0.25) is 0 Å². The van der Waals surface area contributed by atoms with Gasteiger partial charge >= 0.3 is 0 Å². The van der Waals surface area contributed by atoms with E-state index in [1.807, 2.05) is 0 Å². The van der Waals surface area contributed by atoms with Crippen LogP contribution in [0, 0.1) is 5.95 Å². The number of rotatable bonds is 2. The Morgan fingerprint density at radius 1 is 1.36 bits per heavy atom. The molecule has 0 unspecified atom stereocenters. The molecular formula is C7H8FN3. The SMILES string of the molecule is Fc1cnc(NC2CC2)cn1. The van der Waals surface area contributed by atoms with Gasteiger partial charge in [0.25, 0.3) is 0 Å². The van der Waals surface area contributed by atoms with Crippen LogP contribution in [-0.4, -0.2) is 16.0 Å². The molecule has 3 nitrogen and oxygen atoms in total. The molecule has 2 rings (SSSR count). The molecule has 0 saturated heterocycles. The lowest BCUT2D eigenvalue weighted by Gasteiger charge is -1.99. The minimum Gasteiger partial charge on any atom is -0.366 e. The fraction of sp³-hybridized carbons (Fsp3) is 0.429. The highest BCUT2D eigenvalue weighted by Crippen LogP contribution is 2.22. The molecular weight excluding hydrogens is 145 g/mol. The summed E-state index contributed by atoms with van der Waals surface area (Å²) in [4.78, 5) is 7.28. The summed E-state index contributed by atoms with van der Waals surface area (Å²) in [6.07, 6.45) is 4.89. The van der Waals surface area contributed by atoms with Crippen LogP contribution in [0.5, 0.6) is 0 Å². The van der Waals surface area contributed by atoms with Crippen LogP contribution in [0.1, 0.15) is 12.8 Å². The fourth-order valence-corrected chi connectivity index (χ4v) is 0.824. The quantitative estimate of drug-likeness (QED) is 0.693. The van der Waals surface area contributed by atoms with Crippen LogP contribution >= 0.6 is 0 Å². The lowest BCUT2D eigenvalue weighted by atomic mass is 10.6. The summed E-state index contributed by atoms with van der Waals surface area (Å²) in [5, 5.41) is 3.10. The molecule has 0 radical (unpaired) electrons. The van der Waals surface area contributed by atoms with Gasteiger partial charge in [-0.1, -0.05) is 0 Å². The van der Waals surface area contributed by atoms with Crippen molar-refractivity contribution in [3.63, 3.8) is 0 Å². The van der Waals surface area contributed by atoms with Crippen molar-refractivity contribution >= 4 is 5.82 Å². The Morgan fingerprint density at radius 3 is 2.73 bits per heavy atom. The Kier molecular flexibility index (Phi) is 1.45. The summed E-state index contributed by atoms with van der Waals surface area (Å²) < 4.78 is 12.2. The molecule has 0 bridgehead atoms. The first-order valence-electron chi connectivity index (χ1n) is 3.59. The van der Waals surface area contributed by atoms with Crippen molar-refractivity contribution in [3.8, 4) is 0 Å². The van der Waals surface area contributed by atoms with Gasteiger partial charge in [-0.2, -0.15) is 4.39 Å². The van der Waals surface area contributed by atoms with Gasteiger partial charge in [-0.15, -0.1) is 0 Å². The van der Waals surface area contributed by atoms with Gasteiger partial charge in [-0.05, 0) is 12.8 Å². The third-order valence-electron chi connectivity index (χ3n) is 1.55. The van der Waals surface area contributed by atoms with Gasteiger partial charge < -0.3 is 5.32 Å². The van der Waals surface area contributed by atoms with E-state index in [9.17, 15) is 4.39 Å². The van der Waals surface area contributed by atoms with Gasteiger partial charge in [0, 0.05) is 6.04 Å². The van der Waals surface area contributed by atoms with E-state index in [-0.39, 0.29) is 0 Å². The average molecular weight is 153 g/mol. The van der Waals surface area contributed by atoms with Crippen LogP contribution in [0.25, 0.3) is 0 Å². The zero-order valence-corrected chi connectivity index (χ0v) is 5.92. The van der Waals surface area contributed by atoms with Crippen molar-refractivity contribution in [2.75, 3.05) is 5.32 Å². The largest absolute Gasteiger partial charge is 0.366 e. The van der Waals surface area contributed by atoms with Crippen molar-refractivity contribution in [1.82, 2.24) is 9.97 Å². The number of hydrogen-bond donors (Lipinski definition) is 1. The van der Waals surface area contributed by atoms with Crippen LogP contribution < -0.4 is 5.32 Å². The van der Waals surface area contributed by atoms with Gasteiger partial charge in [0.1, 0.15) is 5.82 Å². The number of halogens is 1. The molecule has 0 aromatic carbocycles. The van der Waals surface area contributed by atoms with Crippen molar-refractivity contribution in [2.24, 2.45) is 0 Å². The Balaban J connectivity index is 2.06. The molecule has 1 aromatic rings. The molecule has 1 fully saturated rings. The monoisotopic (exact) mass is 153 g/mol. The molecule has 1 saturated carbocycles. The summed E-state index contributed by atoms with van der Waals surface area (Å²) in [7, 11) is 0. The van der Waals surface area contributed by atoms with E-state index in [0.717, 1.165) is 6.20 Å². The second-order valence-electron chi connectivity index (χ2n) is 2.64. The zero-order chi connectivity index (χ0) is 7.68. The van der Waals surface area contributed by atoms with E-state index in [1.165, 1.54) is 19.0 Å².